The number of amides is 1. The van der Waals surface area contributed by atoms with Crippen LogP contribution >= 0.6 is 0 Å². The predicted molar refractivity (Wildman–Crippen MR) is 79.4 cm³/mol. The van der Waals surface area contributed by atoms with E-state index >= 15 is 0 Å². The van der Waals surface area contributed by atoms with Gasteiger partial charge in [0.2, 0.25) is 5.91 Å². The molecule has 104 valence electrons. The van der Waals surface area contributed by atoms with E-state index in [0.717, 1.165) is 16.9 Å². The van der Waals surface area contributed by atoms with Gasteiger partial charge in [0.15, 0.2) is 0 Å². The van der Waals surface area contributed by atoms with E-state index in [-0.39, 0.29) is 5.91 Å². The number of ether oxygens (including phenoxy) is 1. The first kappa shape index (κ1) is 13.9. The second-order valence-corrected chi connectivity index (χ2v) is 4.55. The maximum absolute atomic E-state index is 11.9. The van der Waals surface area contributed by atoms with Crippen molar-refractivity contribution in [2.24, 2.45) is 0 Å². The lowest BCUT2D eigenvalue weighted by Crippen LogP contribution is -2.24. The summed E-state index contributed by atoms with van der Waals surface area (Å²) in [5, 5.41) is 2.88. The first-order valence-electron chi connectivity index (χ1n) is 6.41. The number of nitrogens with one attached hydrogen (secondary N) is 1. The van der Waals surface area contributed by atoms with Gasteiger partial charge in [0.1, 0.15) is 5.75 Å². The molecule has 0 aliphatic carbocycles. The molecule has 0 aliphatic heterocycles. The van der Waals surface area contributed by atoms with Crippen LogP contribution in [-0.4, -0.2) is 13.0 Å². The van der Waals surface area contributed by atoms with Gasteiger partial charge in [-0.05, 0) is 35.4 Å². The number of carbonyl (C=O) groups is 1. The van der Waals surface area contributed by atoms with E-state index in [9.17, 15) is 4.79 Å². The number of nitrogen functional groups attached to an aromatic ring is 1. The van der Waals surface area contributed by atoms with Gasteiger partial charge in [-0.1, -0.05) is 24.3 Å². The summed E-state index contributed by atoms with van der Waals surface area (Å²) in [7, 11) is 1.62. The largest absolute Gasteiger partial charge is 0.497 e. The molecule has 0 saturated heterocycles. The Labute approximate surface area is 118 Å². The van der Waals surface area contributed by atoms with Gasteiger partial charge in [-0.3, -0.25) is 4.79 Å². The zero-order chi connectivity index (χ0) is 14.4. The van der Waals surface area contributed by atoms with Crippen LogP contribution in [-0.2, 0) is 17.8 Å². The first-order valence-corrected chi connectivity index (χ1v) is 6.41. The van der Waals surface area contributed by atoms with Crippen LogP contribution in [0.15, 0.2) is 48.5 Å². The summed E-state index contributed by atoms with van der Waals surface area (Å²) in [5.41, 5.74) is 8.34. The number of hydrogen-bond acceptors (Lipinski definition) is 3. The van der Waals surface area contributed by atoms with E-state index < -0.39 is 0 Å². The highest BCUT2D eigenvalue weighted by molar-refractivity contribution is 5.78. The molecule has 2 aromatic rings. The highest BCUT2D eigenvalue weighted by Crippen LogP contribution is 2.11. The van der Waals surface area contributed by atoms with Gasteiger partial charge in [0.25, 0.3) is 0 Å². The fourth-order valence-electron chi connectivity index (χ4n) is 1.90. The van der Waals surface area contributed by atoms with Crippen LogP contribution in [0.25, 0.3) is 0 Å². The van der Waals surface area contributed by atoms with Crippen molar-refractivity contribution in [1.82, 2.24) is 5.32 Å². The van der Waals surface area contributed by atoms with Crippen molar-refractivity contribution in [1.29, 1.82) is 0 Å². The average molecular weight is 270 g/mol. The summed E-state index contributed by atoms with van der Waals surface area (Å²) in [6.45, 7) is 0.486. The molecule has 0 fully saturated rings. The average Bonchev–Trinajstić information content (AvgIpc) is 2.46. The summed E-state index contributed by atoms with van der Waals surface area (Å²) in [6, 6.07) is 15.0. The van der Waals surface area contributed by atoms with Crippen LogP contribution in [0.5, 0.6) is 5.75 Å². The van der Waals surface area contributed by atoms with E-state index in [2.05, 4.69) is 5.32 Å². The van der Waals surface area contributed by atoms with Gasteiger partial charge in [-0.15, -0.1) is 0 Å². The molecular weight excluding hydrogens is 252 g/mol. The lowest BCUT2D eigenvalue weighted by atomic mass is 10.1. The highest BCUT2D eigenvalue weighted by atomic mass is 16.5. The summed E-state index contributed by atoms with van der Waals surface area (Å²) < 4.78 is 5.08. The molecule has 0 spiro atoms. The minimum Gasteiger partial charge on any atom is -0.497 e. The van der Waals surface area contributed by atoms with E-state index in [1.807, 2.05) is 48.5 Å². The third-order valence-corrected chi connectivity index (χ3v) is 2.96. The third kappa shape index (κ3) is 4.02. The van der Waals surface area contributed by atoms with Crippen molar-refractivity contribution < 1.29 is 9.53 Å². The topological polar surface area (TPSA) is 64.3 Å². The van der Waals surface area contributed by atoms with Crippen LogP contribution < -0.4 is 15.8 Å². The molecule has 20 heavy (non-hydrogen) atoms. The molecular formula is C16H18N2O2. The Bertz CT molecular complexity index is 579. The lowest BCUT2D eigenvalue weighted by Gasteiger charge is -2.07. The summed E-state index contributed by atoms with van der Waals surface area (Å²) in [5.74, 6) is 0.770. The van der Waals surface area contributed by atoms with E-state index in [1.54, 1.807) is 7.11 Å². The minimum atomic E-state index is -0.0161. The number of carbonyl (C=O) groups excluding carboxylic acids is 1. The molecule has 0 radical (unpaired) electrons. The molecule has 0 bridgehead atoms. The van der Waals surface area contributed by atoms with Crippen molar-refractivity contribution in [3.8, 4) is 5.75 Å². The first-order chi connectivity index (χ1) is 9.67. The van der Waals surface area contributed by atoms with Crippen LogP contribution in [0.4, 0.5) is 5.69 Å². The fraction of sp³-hybridized carbons (Fsp3) is 0.188. The van der Waals surface area contributed by atoms with Crippen LogP contribution in [0, 0.1) is 0 Å². The Balaban J connectivity index is 1.85. The number of benzene rings is 2. The number of rotatable bonds is 5. The van der Waals surface area contributed by atoms with Gasteiger partial charge in [-0.2, -0.15) is 0 Å². The smallest absolute Gasteiger partial charge is 0.224 e. The Hall–Kier alpha value is -2.49. The maximum atomic E-state index is 11.9. The van der Waals surface area contributed by atoms with Gasteiger partial charge in [-0.25, -0.2) is 0 Å². The van der Waals surface area contributed by atoms with Crippen LogP contribution in [0.2, 0.25) is 0 Å². The van der Waals surface area contributed by atoms with Gasteiger partial charge >= 0.3 is 0 Å². The summed E-state index contributed by atoms with van der Waals surface area (Å²) in [4.78, 5) is 11.9. The monoisotopic (exact) mass is 270 g/mol. The fourth-order valence-corrected chi connectivity index (χ4v) is 1.90. The van der Waals surface area contributed by atoms with Gasteiger partial charge in [0.05, 0.1) is 13.5 Å². The van der Waals surface area contributed by atoms with Crippen molar-refractivity contribution in [2.75, 3.05) is 12.8 Å². The second kappa shape index (κ2) is 6.61. The van der Waals surface area contributed by atoms with Gasteiger partial charge in [0, 0.05) is 12.2 Å². The van der Waals surface area contributed by atoms with Crippen LogP contribution in [0.1, 0.15) is 11.1 Å². The third-order valence-electron chi connectivity index (χ3n) is 2.96. The van der Waals surface area contributed by atoms with E-state index in [0.29, 0.717) is 18.7 Å². The molecule has 0 aromatic heterocycles. The van der Waals surface area contributed by atoms with E-state index in [1.165, 1.54) is 0 Å². The summed E-state index contributed by atoms with van der Waals surface area (Å²) >= 11 is 0. The molecule has 0 unspecified atom stereocenters. The molecule has 2 aromatic carbocycles. The number of nitrogens with two attached hydrogens (primary N) is 1. The summed E-state index contributed by atoms with van der Waals surface area (Å²) in [6.07, 6.45) is 0.353. The molecule has 3 N–H and O–H groups in total. The van der Waals surface area contributed by atoms with E-state index in [4.69, 9.17) is 10.5 Å². The van der Waals surface area contributed by atoms with Crippen LogP contribution in [0.3, 0.4) is 0 Å². The highest BCUT2D eigenvalue weighted by Gasteiger charge is 2.03. The number of methoxy groups -OCH3 is 1. The molecule has 0 aliphatic rings. The zero-order valence-corrected chi connectivity index (χ0v) is 11.4. The van der Waals surface area contributed by atoms with Crippen molar-refractivity contribution in [2.45, 2.75) is 13.0 Å². The van der Waals surface area contributed by atoms with Crippen molar-refractivity contribution >= 4 is 11.6 Å². The quantitative estimate of drug-likeness (QED) is 0.818. The molecule has 4 heteroatoms. The molecule has 0 heterocycles. The number of anilines is 1. The molecule has 0 saturated carbocycles. The zero-order valence-electron chi connectivity index (χ0n) is 11.4. The van der Waals surface area contributed by atoms with Gasteiger partial charge < -0.3 is 15.8 Å². The molecule has 1 amide bonds. The maximum Gasteiger partial charge on any atom is 0.224 e. The molecule has 4 nitrogen and oxygen atoms in total. The Morgan fingerprint density at radius 2 is 1.90 bits per heavy atom. The SMILES string of the molecule is COc1ccc(CC(=O)NCc2cccc(N)c2)cc1. The Kier molecular flexibility index (Phi) is 4.60. The molecule has 0 atom stereocenters. The number of hydrogen-bond donors (Lipinski definition) is 2. The van der Waals surface area contributed by atoms with Crippen molar-refractivity contribution in [3.05, 3.63) is 59.7 Å². The second-order valence-electron chi connectivity index (χ2n) is 4.55. The van der Waals surface area contributed by atoms with Crippen molar-refractivity contribution in [3.63, 3.8) is 0 Å². The standard InChI is InChI=1S/C16H18N2O2/c1-20-15-7-5-12(6-8-15)10-16(19)18-11-13-3-2-4-14(17)9-13/h2-9H,10-11,17H2,1H3,(H,18,19). The lowest BCUT2D eigenvalue weighted by molar-refractivity contribution is -0.120. The minimum absolute atomic E-state index is 0.0161. The predicted octanol–water partition coefficient (Wildman–Crippen LogP) is 2.14. The Morgan fingerprint density at radius 3 is 2.55 bits per heavy atom. The Morgan fingerprint density at radius 1 is 1.15 bits per heavy atom. The normalized spacial score (nSPS) is 10.1. The molecule has 2 rings (SSSR count).